The molecule has 140 valence electrons. The smallest absolute Gasteiger partial charge is 0.328 e. The number of nitrogens with one attached hydrogen (secondary N) is 2. The number of nitrogens with zero attached hydrogens (tertiary/aromatic N) is 1. The summed E-state index contributed by atoms with van der Waals surface area (Å²) in [6.45, 7) is 3.17. The summed E-state index contributed by atoms with van der Waals surface area (Å²) in [7, 11) is 1.26. The Bertz CT molecular complexity index is 664. The molecule has 0 radical (unpaired) electrons. The third-order valence-electron chi connectivity index (χ3n) is 3.29. The Kier molecular flexibility index (Phi) is 8.81. The number of anilines is 1. The SMILES string of the molecule is COC(=O)C(CC(C)C)NC(=O)COCC(=O)Nc1ccc(C#N)cc1. The zero-order valence-electron chi connectivity index (χ0n) is 15.1. The molecule has 1 rings (SSSR count). The summed E-state index contributed by atoms with van der Waals surface area (Å²) in [5, 5.41) is 13.8. The van der Waals surface area contributed by atoms with Gasteiger partial charge in [-0.05, 0) is 36.6 Å². The standard InChI is InChI=1S/C18H23N3O5/c1-12(2)8-15(18(24)25-3)21-17(23)11-26-10-16(22)20-14-6-4-13(9-19)5-7-14/h4-7,12,15H,8,10-11H2,1-3H3,(H,20,22)(H,21,23). The lowest BCUT2D eigenvalue weighted by Crippen LogP contribution is -2.44. The topological polar surface area (TPSA) is 118 Å². The van der Waals surface area contributed by atoms with E-state index < -0.39 is 23.8 Å². The molecule has 8 heteroatoms. The highest BCUT2D eigenvalue weighted by atomic mass is 16.5. The van der Waals surface area contributed by atoms with Gasteiger partial charge in [-0.2, -0.15) is 5.26 Å². The van der Waals surface area contributed by atoms with Crippen molar-refractivity contribution < 1.29 is 23.9 Å². The molecule has 0 aliphatic heterocycles. The second-order valence-electron chi connectivity index (χ2n) is 6.00. The van der Waals surface area contributed by atoms with Crippen molar-refractivity contribution in [1.29, 1.82) is 5.26 Å². The van der Waals surface area contributed by atoms with Crippen LogP contribution in [0.15, 0.2) is 24.3 Å². The Labute approximate surface area is 152 Å². The van der Waals surface area contributed by atoms with Gasteiger partial charge >= 0.3 is 5.97 Å². The second-order valence-corrected chi connectivity index (χ2v) is 6.00. The van der Waals surface area contributed by atoms with Crippen LogP contribution in [0.2, 0.25) is 0 Å². The van der Waals surface area contributed by atoms with Gasteiger partial charge in [-0.15, -0.1) is 0 Å². The molecule has 0 aromatic heterocycles. The summed E-state index contributed by atoms with van der Waals surface area (Å²) in [5.74, 6) is -1.27. The van der Waals surface area contributed by atoms with Crippen LogP contribution >= 0.6 is 0 Å². The fourth-order valence-electron chi connectivity index (χ4n) is 2.13. The van der Waals surface area contributed by atoms with Gasteiger partial charge in [-0.3, -0.25) is 9.59 Å². The van der Waals surface area contributed by atoms with Crippen molar-refractivity contribution in [2.24, 2.45) is 5.92 Å². The predicted molar refractivity (Wildman–Crippen MR) is 94.0 cm³/mol. The van der Waals surface area contributed by atoms with Crippen molar-refractivity contribution in [1.82, 2.24) is 5.32 Å². The summed E-state index contributed by atoms with van der Waals surface area (Å²) >= 11 is 0. The number of esters is 1. The van der Waals surface area contributed by atoms with E-state index in [1.807, 2.05) is 19.9 Å². The molecule has 2 N–H and O–H groups in total. The Balaban J connectivity index is 2.38. The maximum atomic E-state index is 11.9. The maximum absolute atomic E-state index is 11.9. The minimum absolute atomic E-state index is 0.193. The minimum atomic E-state index is -0.747. The number of carbonyl (C=O) groups excluding carboxylic acids is 3. The van der Waals surface area contributed by atoms with Gasteiger partial charge < -0.3 is 20.1 Å². The molecule has 26 heavy (non-hydrogen) atoms. The number of methoxy groups -OCH3 is 1. The van der Waals surface area contributed by atoms with Gasteiger partial charge in [-0.1, -0.05) is 13.8 Å². The summed E-state index contributed by atoms with van der Waals surface area (Å²) in [5.41, 5.74) is 1.00. The zero-order valence-corrected chi connectivity index (χ0v) is 15.1. The fraction of sp³-hybridized carbons (Fsp3) is 0.444. The van der Waals surface area contributed by atoms with E-state index in [1.54, 1.807) is 24.3 Å². The van der Waals surface area contributed by atoms with Gasteiger partial charge in [0.05, 0.1) is 18.7 Å². The molecule has 0 saturated heterocycles. The van der Waals surface area contributed by atoms with E-state index in [4.69, 9.17) is 10.00 Å². The lowest BCUT2D eigenvalue weighted by molar-refractivity contribution is -0.146. The van der Waals surface area contributed by atoms with Crippen LogP contribution in [-0.4, -0.2) is 44.1 Å². The minimum Gasteiger partial charge on any atom is -0.467 e. The van der Waals surface area contributed by atoms with Crippen molar-refractivity contribution in [2.45, 2.75) is 26.3 Å². The molecule has 2 amide bonds. The molecule has 0 spiro atoms. The van der Waals surface area contributed by atoms with Crippen LogP contribution in [-0.2, 0) is 23.9 Å². The molecular formula is C18H23N3O5. The molecule has 1 atom stereocenters. The van der Waals surface area contributed by atoms with E-state index in [9.17, 15) is 14.4 Å². The Hall–Kier alpha value is -2.92. The van der Waals surface area contributed by atoms with Gasteiger partial charge in [0, 0.05) is 5.69 Å². The summed E-state index contributed by atoms with van der Waals surface area (Å²) in [6.07, 6.45) is 0.442. The van der Waals surface area contributed by atoms with Crippen LogP contribution in [0.25, 0.3) is 0 Å². The third-order valence-corrected chi connectivity index (χ3v) is 3.29. The quantitative estimate of drug-likeness (QED) is 0.639. The first kappa shape index (κ1) is 21.1. The molecule has 0 aliphatic carbocycles. The third kappa shape index (κ3) is 7.77. The van der Waals surface area contributed by atoms with Crippen molar-refractivity contribution in [3.63, 3.8) is 0 Å². The molecule has 0 heterocycles. The van der Waals surface area contributed by atoms with Crippen LogP contribution in [0, 0.1) is 17.2 Å². The summed E-state index contributed by atoms with van der Waals surface area (Å²) in [6, 6.07) is 7.57. The van der Waals surface area contributed by atoms with Crippen LogP contribution in [0.4, 0.5) is 5.69 Å². The highest BCUT2D eigenvalue weighted by Gasteiger charge is 2.22. The highest BCUT2D eigenvalue weighted by molar-refractivity contribution is 5.92. The van der Waals surface area contributed by atoms with Gasteiger partial charge in [0.25, 0.3) is 0 Å². The molecule has 0 fully saturated rings. The number of hydrogen-bond acceptors (Lipinski definition) is 6. The lowest BCUT2D eigenvalue weighted by atomic mass is 10.0. The van der Waals surface area contributed by atoms with Crippen molar-refractivity contribution in [2.75, 3.05) is 25.6 Å². The van der Waals surface area contributed by atoms with E-state index in [-0.39, 0.29) is 19.1 Å². The maximum Gasteiger partial charge on any atom is 0.328 e. The predicted octanol–water partition coefficient (Wildman–Crippen LogP) is 1.22. The van der Waals surface area contributed by atoms with Crippen LogP contribution < -0.4 is 10.6 Å². The lowest BCUT2D eigenvalue weighted by Gasteiger charge is -2.18. The molecule has 1 unspecified atom stereocenters. The molecule has 8 nitrogen and oxygen atoms in total. The first-order valence-corrected chi connectivity index (χ1v) is 8.10. The zero-order chi connectivity index (χ0) is 19.5. The van der Waals surface area contributed by atoms with Crippen molar-refractivity contribution in [3.05, 3.63) is 29.8 Å². The molecular weight excluding hydrogens is 338 g/mol. The number of nitriles is 1. The number of hydrogen-bond donors (Lipinski definition) is 2. The van der Waals surface area contributed by atoms with Crippen LogP contribution in [0.5, 0.6) is 0 Å². The van der Waals surface area contributed by atoms with Gasteiger partial charge in [0.1, 0.15) is 19.3 Å². The van der Waals surface area contributed by atoms with E-state index in [2.05, 4.69) is 15.4 Å². The molecule has 1 aromatic carbocycles. The number of amides is 2. The first-order valence-electron chi connectivity index (χ1n) is 8.10. The normalized spacial score (nSPS) is 11.3. The highest BCUT2D eigenvalue weighted by Crippen LogP contribution is 2.08. The Morgan fingerprint density at radius 1 is 1.12 bits per heavy atom. The number of carbonyl (C=O) groups is 3. The Morgan fingerprint density at radius 3 is 2.27 bits per heavy atom. The fourth-order valence-corrected chi connectivity index (χ4v) is 2.13. The molecule has 1 aromatic rings. The summed E-state index contributed by atoms with van der Waals surface area (Å²) in [4.78, 5) is 35.3. The number of benzene rings is 1. The average molecular weight is 361 g/mol. The van der Waals surface area contributed by atoms with E-state index in [0.717, 1.165) is 0 Å². The van der Waals surface area contributed by atoms with Gasteiger partial charge in [0.2, 0.25) is 11.8 Å². The van der Waals surface area contributed by atoms with E-state index in [0.29, 0.717) is 17.7 Å². The Morgan fingerprint density at radius 2 is 1.73 bits per heavy atom. The molecule has 0 bridgehead atoms. The largest absolute Gasteiger partial charge is 0.467 e. The van der Waals surface area contributed by atoms with Crippen molar-refractivity contribution >= 4 is 23.5 Å². The summed E-state index contributed by atoms with van der Waals surface area (Å²) < 4.78 is 9.73. The van der Waals surface area contributed by atoms with E-state index >= 15 is 0 Å². The average Bonchev–Trinajstić information content (AvgIpc) is 2.60. The molecule has 0 aliphatic rings. The monoisotopic (exact) mass is 361 g/mol. The number of ether oxygens (including phenoxy) is 2. The van der Waals surface area contributed by atoms with Crippen molar-refractivity contribution in [3.8, 4) is 6.07 Å². The van der Waals surface area contributed by atoms with Crippen LogP contribution in [0.3, 0.4) is 0 Å². The van der Waals surface area contributed by atoms with E-state index in [1.165, 1.54) is 7.11 Å². The number of rotatable bonds is 9. The van der Waals surface area contributed by atoms with Crippen LogP contribution in [0.1, 0.15) is 25.8 Å². The van der Waals surface area contributed by atoms with Gasteiger partial charge in [-0.25, -0.2) is 4.79 Å². The van der Waals surface area contributed by atoms with Gasteiger partial charge in [0.15, 0.2) is 0 Å². The first-order chi connectivity index (χ1) is 12.3. The molecule has 0 saturated carbocycles. The second kappa shape index (κ2) is 10.8.